The molecule has 20 heavy (non-hydrogen) atoms. The van der Waals surface area contributed by atoms with Gasteiger partial charge in [-0.25, -0.2) is 8.78 Å². The normalized spacial score (nSPS) is 14.1. The monoisotopic (exact) mass is 357 g/mol. The van der Waals surface area contributed by atoms with E-state index in [9.17, 15) is 8.78 Å². The Balaban J connectivity index is 2.36. The number of nitrogens with two attached hydrogens (primary N) is 1. The second-order valence-electron chi connectivity index (χ2n) is 4.49. The standard InChI is InChI=1S/C15H14BrF2NS/c1-9(19)15(11-4-2-3-5-12(11)16)20-14-8-10(17)6-7-13(14)18/h2-9,15H,19H2,1H3. The summed E-state index contributed by atoms with van der Waals surface area (Å²) in [6, 6.07) is 10.9. The Morgan fingerprint density at radius 3 is 2.50 bits per heavy atom. The summed E-state index contributed by atoms with van der Waals surface area (Å²) in [6.07, 6.45) is 0. The van der Waals surface area contributed by atoms with Gasteiger partial charge in [-0.1, -0.05) is 34.1 Å². The minimum atomic E-state index is -0.454. The van der Waals surface area contributed by atoms with Crippen LogP contribution in [0.2, 0.25) is 0 Å². The minimum absolute atomic E-state index is 0.165. The molecule has 0 aliphatic rings. The first kappa shape index (κ1) is 15.5. The van der Waals surface area contributed by atoms with E-state index in [1.165, 1.54) is 17.8 Å². The van der Waals surface area contributed by atoms with E-state index in [1.807, 2.05) is 31.2 Å². The van der Waals surface area contributed by atoms with E-state index in [0.29, 0.717) is 0 Å². The van der Waals surface area contributed by atoms with Crippen LogP contribution in [0, 0.1) is 11.6 Å². The Labute approximate surface area is 129 Å². The zero-order chi connectivity index (χ0) is 14.7. The molecule has 0 amide bonds. The van der Waals surface area contributed by atoms with Crippen LogP contribution < -0.4 is 5.73 Å². The van der Waals surface area contributed by atoms with E-state index in [0.717, 1.165) is 22.2 Å². The van der Waals surface area contributed by atoms with Crippen molar-refractivity contribution in [2.24, 2.45) is 5.73 Å². The summed E-state index contributed by atoms with van der Waals surface area (Å²) in [6.45, 7) is 1.86. The van der Waals surface area contributed by atoms with Crippen molar-refractivity contribution in [2.75, 3.05) is 0 Å². The van der Waals surface area contributed by atoms with E-state index in [4.69, 9.17) is 5.73 Å². The van der Waals surface area contributed by atoms with Crippen molar-refractivity contribution >= 4 is 27.7 Å². The van der Waals surface area contributed by atoms with E-state index >= 15 is 0 Å². The van der Waals surface area contributed by atoms with Gasteiger partial charge in [0.1, 0.15) is 11.6 Å². The number of hydrogen-bond acceptors (Lipinski definition) is 2. The summed E-state index contributed by atoms with van der Waals surface area (Å²) in [5.74, 6) is -0.890. The molecule has 2 atom stereocenters. The lowest BCUT2D eigenvalue weighted by Gasteiger charge is -2.22. The maximum atomic E-state index is 13.8. The number of thioether (sulfide) groups is 1. The lowest BCUT2D eigenvalue weighted by Crippen LogP contribution is -2.23. The number of halogens is 3. The van der Waals surface area contributed by atoms with E-state index in [-0.39, 0.29) is 16.2 Å². The van der Waals surface area contributed by atoms with Crippen LogP contribution >= 0.6 is 27.7 Å². The average molecular weight is 358 g/mol. The fourth-order valence-corrected chi connectivity index (χ4v) is 3.73. The van der Waals surface area contributed by atoms with Crippen LogP contribution in [0.15, 0.2) is 51.8 Å². The minimum Gasteiger partial charge on any atom is -0.327 e. The van der Waals surface area contributed by atoms with Crippen molar-refractivity contribution in [3.63, 3.8) is 0 Å². The predicted molar refractivity (Wildman–Crippen MR) is 82.7 cm³/mol. The fraction of sp³-hybridized carbons (Fsp3) is 0.200. The third kappa shape index (κ3) is 3.59. The molecule has 2 aromatic rings. The zero-order valence-electron chi connectivity index (χ0n) is 10.8. The molecule has 106 valence electrons. The quantitative estimate of drug-likeness (QED) is 0.786. The van der Waals surface area contributed by atoms with E-state index in [1.54, 1.807) is 0 Å². The molecule has 5 heteroatoms. The first-order valence-corrected chi connectivity index (χ1v) is 7.78. The molecule has 0 radical (unpaired) electrons. The molecule has 0 saturated heterocycles. The van der Waals surface area contributed by atoms with Crippen LogP contribution in [0.4, 0.5) is 8.78 Å². The summed E-state index contributed by atoms with van der Waals surface area (Å²) >= 11 is 4.71. The van der Waals surface area contributed by atoms with Gasteiger partial charge in [0, 0.05) is 15.4 Å². The Hall–Kier alpha value is -0.910. The highest BCUT2D eigenvalue weighted by Gasteiger charge is 2.21. The van der Waals surface area contributed by atoms with Gasteiger partial charge in [-0.2, -0.15) is 0 Å². The van der Waals surface area contributed by atoms with Gasteiger partial charge < -0.3 is 5.73 Å². The molecule has 0 aromatic heterocycles. The molecular formula is C15H14BrF2NS. The smallest absolute Gasteiger partial charge is 0.136 e. The molecule has 1 nitrogen and oxygen atoms in total. The van der Waals surface area contributed by atoms with Crippen molar-refractivity contribution in [3.05, 3.63) is 64.1 Å². The van der Waals surface area contributed by atoms with E-state index < -0.39 is 11.6 Å². The summed E-state index contributed by atoms with van der Waals surface area (Å²) in [4.78, 5) is 0.267. The summed E-state index contributed by atoms with van der Waals surface area (Å²) < 4.78 is 27.9. The Bertz CT molecular complexity index is 604. The lowest BCUT2D eigenvalue weighted by atomic mass is 10.1. The molecule has 0 fully saturated rings. The van der Waals surface area contributed by atoms with Gasteiger partial charge in [-0.15, -0.1) is 11.8 Å². The van der Waals surface area contributed by atoms with Gasteiger partial charge >= 0.3 is 0 Å². The average Bonchev–Trinajstić information content (AvgIpc) is 2.40. The van der Waals surface area contributed by atoms with E-state index in [2.05, 4.69) is 15.9 Å². The van der Waals surface area contributed by atoms with Crippen LogP contribution in [-0.2, 0) is 0 Å². The van der Waals surface area contributed by atoms with Crippen LogP contribution in [-0.4, -0.2) is 6.04 Å². The second-order valence-corrected chi connectivity index (χ2v) is 6.53. The molecule has 0 heterocycles. The molecule has 0 aliphatic carbocycles. The summed E-state index contributed by atoms with van der Waals surface area (Å²) in [5.41, 5.74) is 6.98. The van der Waals surface area contributed by atoms with Gasteiger partial charge in [0.05, 0.1) is 5.25 Å². The zero-order valence-corrected chi connectivity index (χ0v) is 13.2. The largest absolute Gasteiger partial charge is 0.327 e. The van der Waals surface area contributed by atoms with Crippen molar-refractivity contribution in [1.29, 1.82) is 0 Å². The van der Waals surface area contributed by atoms with Crippen molar-refractivity contribution in [2.45, 2.75) is 23.1 Å². The third-order valence-electron chi connectivity index (χ3n) is 2.84. The van der Waals surface area contributed by atoms with Gasteiger partial charge in [0.25, 0.3) is 0 Å². The first-order valence-electron chi connectivity index (χ1n) is 6.10. The topological polar surface area (TPSA) is 26.0 Å². The highest BCUT2D eigenvalue weighted by atomic mass is 79.9. The molecule has 2 N–H and O–H groups in total. The van der Waals surface area contributed by atoms with Crippen LogP contribution in [0.25, 0.3) is 0 Å². The highest BCUT2D eigenvalue weighted by Crippen LogP contribution is 2.41. The van der Waals surface area contributed by atoms with Gasteiger partial charge in [-0.3, -0.25) is 0 Å². The maximum absolute atomic E-state index is 13.8. The second kappa shape index (κ2) is 6.70. The van der Waals surface area contributed by atoms with Crippen LogP contribution in [0.1, 0.15) is 17.7 Å². The SMILES string of the molecule is CC(N)C(Sc1cc(F)ccc1F)c1ccccc1Br. The molecular weight excluding hydrogens is 344 g/mol. The molecule has 0 bridgehead atoms. The van der Waals surface area contributed by atoms with Crippen molar-refractivity contribution in [3.8, 4) is 0 Å². The van der Waals surface area contributed by atoms with Crippen molar-refractivity contribution < 1.29 is 8.78 Å². The molecule has 2 rings (SSSR count). The van der Waals surface area contributed by atoms with Gasteiger partial charge in [0.15, 0.2) is 0 Å². The Morgan fingerprint density at radius 1 is 1.15 bits per heavy atom. The summed E-state index contributed by atoms with van der Waals surface area (Å²) in [5, 5.41) is -0.165. The third-order valence-corrected chi connectivity index (χ3v) is 5.06. The summed E-state index contributed by atoms with van der Waals surface area (Å²) in [7, 11) is 0. The molecule has 0 aliphatic heterocycles. The molecule has 0 spiro atoms. The Kier molecular flexibility index (Phi) is 5.18. The van der Waals surface area contributed by atoms with Gasteiger partial charge in [-0.05, 0) is 36.8 Å². The fourth-order valence-electron chi connectivity index (χ4n) is 1.86. The van der Waals surface area contributed by atoms with Crippen LogP contribution in [0.3, 0.4) is 0 Å². The van der Waals surface area contributed by atoms with Crippen LogP contribution in [0.5, 0.6) is 0 Å². The number of benzene rings is 2. The number of rotatable bonds is 4. The predicted octanol–water partition coefficient (Wildman–Crippen LogP) is 4.91. The number of hydrogen-bond donors (Lipinski definition) is 1. The Morgan fingerprint density at radius 2 is 1.85 bits per heavy atom. The van der Waals surface area contributed by atoms with Gasteiger partial charge in [0.2, 0.25) is 0 Å². The molecule has 2 aromatic carbocycles. The van der Waals surface area contributed by atoms with Crippen molar-refractivity contribution in [1.82, 2.24) is 0 Å². The molecule has 2 unspecified atom stereocenters. The maximum Gasteiger partial charge on any atom is 0.136 e. The first-order chi connectivity index (χ1) is 9.49. The molecule has 0 saturated carbocycles. The highest BCUT2D eigenvalue weighted by molar-refractivity contribution is 9.10. The lowest BCUT2D eigenvalue weighted by molar-refractivity contribution is 0.576.